The summed E-state index contributed by atoms with van der Waals surface area (Å²) in [7, 11) is -34.7. The molecule has 0 heterocycles. The number of nitrogens with zero attached hydrogens (tertiary/aromatic N) is 1. The highest BCUT2D eigenvalue weighted by Gasteiger charge is 2.62. The van der Waals surface area contributed by atoms with Crippen LogP contribution < -0.4 is 5.73 Å². The molecule has 16 N–H and O–H groups in total. The Hall–Kier alpha value is -0.600. The maximum Gasteiger partial charge on any atom is 0.470 e. The number of phosphoric acid groups is 6. The van der Waals surface area contributed by atoms with Gasteiger partial charge in [0.15, 0.2) is 5.96 Å². The van der Waals surface area contributed by atoms with Gasteiger partial charge in [0.1, 0.15) is 43.2 Å². The van der Waals surface area contributed by atoms with E-state index in [-0.39, 0.29) is 12.5 Å². The Morgan fingerprint density at radius 3 is 0.778 bits per heavy atom. The van der Waals surface area contributed by atoms with E-state index in [4.69, 9.17) is 75.0 Å². The normalized spacial score (nSPS) is 25.2. The zero-order valence-electron chi connectivity index (χ0n) is 21.5. The number of nitrogens with two attached hydrogens (primary N) is 1. The van der Waals surface area contributed by atoms with E-state index in [1.807, 2.05) is 0 Å². The fourth-order valence-electron chi connectivity index (χ4n) is 3.08. The van der Waals surface area contributed by atoms with Crippen molar-refractivity contribution in [2.45, 2.75) is 36.6 Å². The third-order valence-corrected chi connectivity index (χ3v) is 7.39. The Morgan fingerprint density at radius 2 is 0.711 bits per heavy atom. The number of carboxylic acids is 1. The molecule has 268 valence electrons. The van der Waals surface area contributed by atoms with Crippen LogP contribution in [0.25, 0.3) is 0 Å². The summed E-state index contributed by atoms with van der Waals surface area (Å²) in [6, 6.07) is 0. The van der Waals surface area contributed by atoms with Gasteiger partial charge < -0.3 is 74.5 Å². The lowest BCUT2D eigenvalue weighted by atomic mass is 9.85. The Bertz CT molecular complexity index is 1090. The van der Waals surface area contributed by atoms with Crippen molar-refractivity contribution in [3.05, 3.63) is 0 Å². The molecule has 0 spiro atoms. The molecule has 0 amide bonds. The quantitative estimate of drug-likeness (QED) is 0.0450. The molecule has 0 aromatic heterocycles. The van der Waals surface area contributed by atoms with Crippen LogP contribution in [0, 0.1) is 5.41 Å². The minimum Gasteiger partial charge on any atom is -0.480 e. The smallest absolute Gasteiger partial charge is 0.470 e. The van der Waals surface area contributed by atoms with Crippen molar-refractivity contribution in [3.63, 3.8) is 0 Å². The molecule has 1 saturated carbocycles. The molecule has 0 saturated heterocycles. The summed E-state index contributed by atoms with van der Waals surface area (Å²) >= 11 is 0. The van der Waals surface area contributed by atoms with E-state index in [1.54, 1.807) is 0 Å². The minimum absolute atomic E-state index is 0.227. The van der Waals surface area contributed by atoms with Gasteiger partial charge in [0.05, 0.1) is 0 Å². The molecule has 0 aromatic rings. The first-order valence-corrected chi connectivity index (χ1v) is 19.5. The van der Waals surface area contributed by atoms with E-state index >= 15 is 0 Å². The maximum absolute atomic E-state index is 11.4. The monoisotopic (exact) mass is 791 g/mol. The number of carbonyl (C=O) groups is 1. The van der Waals surface area contributed by atoms with E-state index in [9.17, 15) is 32.2 Å². The predicted molar refractivity (Wildman–Crippen MR) is 134 cm³/mol. The summed E-state index contributed by atoms with van der Waals surface area (Å²) in [6.45, 7) is -0.227. The molecule has 1 rings (SSSR count). The van der Waals surface area contributed by atoms with Gasteiger partial charge in [-0.2, -0.15) is 0 Å². The van der Waals surface area contributed by atoms with Gasteiger partial charge in [-0.05, 0) is 0 Å². The van der Waals surface area contributed by atoms with Gasteiger partial charge in [-0.3, -0.25) is 37.3 Å². The SMILES string of the molecule is CN(CC(=O)O)C(=N)N.O=P(O)(O)O[C@H]1[C@H](OP(=O)(O)O)[C@@H](OP(=O)(O)O)[C@H](OP(=O)(O)O)[C@@H](OP(=O)(O)O)[C@H]1OP(=O)(O)O. The van der Waals surface area contributed by atoms with Crippen LogP contribution in [0.3, 0.4) is 0 Å². The molecule has 0 unspecified atom stereocenters. The van der Waals surface area contributed by atoms with Crippen molar-refractivity contribution >= 4 is 58.9 Å². The molecule has 35 heteroatoms. The van der Waals surface area contributed by atoms with Gasteiger partial charge in [-0.1, -0.05) is 0 Å². The van der Waals surface area contributed by atoms with Crippen molar-refractivity contribution in [2.75, 3.05) is 13.6 Å². The van der Waals surface area contributed by atoms with Crippen LogP contribution >= 0.6 is 46.9 Å². The van der Waals surface area contributed by atoms with Crippen LogP contribution in [-0.2, 0) is 59.3 Å². The lowest BCUT2D eigenvalue weighted by Crippen LogP contribution is -2.66. The largest absolute Gasteiger partial charge is 0.480 e. The molecule has 0 aromatic carbocycles. The van der Waals surface area contributed by atoms with Gasteiger partial charge in [0.2, 0.25) is 0 Å². The lowest BCUT2D eigenvalue weighted by molar-refractivity contribution is -0.202. The molecular formula is C10H27N3O26P6. The third-order valence-electron chi connectivity index (χ3n) is 4.28. The Morgan fingerprint density at radius 1 is 0.556 bits per heavy atom. The van der Waals surface area contributed by atoms with Crippen LogP contribution in [0.4, 0.5) is 0 Å². The van der Waals surface area contributed by atoms with E-state index in [2.05, 4.69) is 27.1 Å². The van der Waals surface area contributed by atoms with E-state index in [0.717, 1.165) is 4.90 Å². The van der Waals surface area contributed by atoms with Crippen LogP contribution in [0.15, 0.2) is 0 Å². The maximum atomic E-state index is 11.4. The van der Waals surface area contributed by atoms with Crippen LogP contribution in [-0.4, -0.2) is 131 Å². The molecule has 1 aliphatic rings. The first-order chi connectivity index (χ1) is 19.6. The Kier molecular flexibility index (Phi) is 16.0. The van der Waals surface area contributed by atoms with E-state index in [0.29, 0.717) is 0 Å². The second kappa shape index (κ2) is 16.2. The molecule has 45 heavy (non-hydrogen) atoms. The van der Waals surface area contributed by atoms with Crippen molar-refractivity contribution in [1.29, 1.82) is 5.41 Å². The number of aliphatic carboxylic acids is 1. The number of hydrogen-bond acceptors (Lipinski definition) is 14. The fraction of sp³-hybridized carbons (Fsp3) is 0.800. The molecule has 1 aliphatic carbocycles. The molecule has 0 aliphatic heterocycles. The number of rotatable bonds is 14. The first kappa shape index (κ1) is 44.4. The molecule has 0 radical (unpaired) electrons. The van der Waals surface area contributed by atoms with Crippen LogP contribution in [0.2, 0.25) is 0 Å². The van der Waals surface area contributed by atoms with Gasteiger partial charge >= 0.3 is 52.9 Å². The molecule has 0 bridgehead atoms. The summed E-state index contributed by atoms with van der Waals surface area (Å²) in [5.74, 6) is -1.23. The van der Waals surface area contributed by atoms with Gasteiger partial charge in [-0.15, -0.1) is 0 Å². The molecular weight excluding hydrogens is 764 g/mol. The zero-order valence-corrected chi connectivity index (χ0v) is 26.9. The van der Waals surface area contributed by atoms with Crippen molar-refractivity contribution in [3.8, 4) is 0 Å². The van der Waals surface area contributed by atoms with Crippen LogP contribution in [0.1, 0.15) is 0 Å². The minimum atomic E-state index is -6.02. The number of nitrogens with one attached hydrogen (secondary N) is 1. The second-order valence-electron chi connectivity index (χ2n) is 8.00. The van der Waals surface area contributed by atoms with Crippen molar-refractivity contribution < 1.29 is 123 Å². The summed E-state index contributed by atoms with van der Waals surface area (Å²) in [5.41, 5.74) is 4.93. The second-order valence-corrected chi connectivity index (χ2v) is 15.2. The van der Waals surface area contributed by atoms with Crippen molar-refractivity contribution in [1.82, 2.24) is 4.90 Å². The Balaban J connectivity index is 0.00000186. The zero-order chi connectivity index (χ0) is 36.1. The number of carboxylic acid groups (broad SMARTS) is 1. The van der Waals surface area contributed by atoms with Gasteiger partial charge in [0, 0.05) is 7.05 Å². The highest BCUT2D eigenvalue weighted by molar-refractivity contribution is 7.47. The standard InChI is InChI=1S/C6H18O24P6.C4H9N3O2/c7-31(8,9)25-1-2(26-32(10,11)12)4(28-34(16,17)18)6(30-36(22,23)24)5(29-35(19,20)21)3(1)27-33(13,14)15;1-7(4(5)6)2-3(8)9/h1-6H,(H2,7,8,9)(H2,10,11,12)(H2,13,14,15)(H2,16,17,18)(H2,19,20,21)(H2,22,23,24);2H2,1H3,(H3,5,6)(H,8,9)/t1-,2-,3-,4+,5-,6-;. The average Bonchev–Trinajstić information content (AvgIpc) is 2.70. The highest BCUT2D eigenvalue weighted by atomic mass is 31.2. The fourth-order valence-corrected chi connectivity index (χ4v) is 6.42. The first-order valence-electron chi connectivity index (χ1n) is 10.3. The van der Waals surface area contributed by atoms with Crippen LogP contribution in [0.5, 0.6) is 0 Å². The molecule has 0 atom stereocenters. The highest BCUT2D eigenvalue weighted by Crippen LogP contribution is 2.57. The number of hydrogen-bond donors (Lipinski definition) is 15. The summed E-state index contributed by atoms with van der Waals surface area (Å²) in [5, 5.41) is 14.9. The third kappa shape index (κ3) is 19.7. The molecule has 1 fully saturated rings. The van der Waals surface area contributed by atoms with Gasteiger partial charge in [-0.25, -0.2) is 27.4 Å². The number of likely N-dealkylation sites (N-methyl/N-ethyl adjacent to an activating group) is 1. The van der Waals surface area contributed by atoms with E-state index < -0.39 is 89.5 Å². The topological polar surface area (TPSA) is 491 Å². The molecule has 29 nitrogen and oxygen atoms in total. The number of guanidine groups is 1. The average molecular weight is 791 g/mol. The summed E-state index contributed by atoms with van der Waals surface area (Å²) in [6.07, 6.45) is -18.9. The Labute approximate surface area is 248 Å². The lowest BCUT2D eigenvalue weighted by Gasteiger charge is -2.48. The predicted octanol–water partition coefficient (Wildman–Crippen LogP) is -4.24. The van der Waals surface area contributed by atoms with Crippen molar-refractivity contribution in [2.24, 2.45) is 5.73 Å². The van der Waals surface area contributed by atoms with Gasteiger partial charge in [0.25, 0.3) is 0 Å². The number of phosphoric ester groups is 6. The summed E-state index contributed by atoms with van der Waals surface area (Å²) in [4.78, 5) is 121. The summed E-state index contributed by atoms with van der Waals surface area (Å²) < 4.78 is 93.1. The van der Waals surface area contributed by atoms with E-state index in [1.165, 1.54) is 7.05 Å².